The summed E-state index contributed by atoms with van der Waals surface area (Å²) in [6, 6.07) is 12.0. The van der Waals surface area contributed by atoms with Crippen LogP contribution in [0.15, 0.2) is 47.4 Å². The van der Waals surface area contributed by atoms with E-state index in [2.05, 4.69) is 26.0 Å². The number of carboxylic acid groups (broad SMARTS) is 1. The van der Waals surface area contributed by atoms with E-state index in [-0.39, 0.29) is 11.4 Å². The lowest BCUT2D eigenvalue weighted by molar-refractivity contribution is 0.0696. The maximum absolute atomic E-state index is 13.7. The van der Waals surface area contributed by atoms with Gasteiger partial charge in [0.05, 0.1) is 5.56 Å². The van der Waals surface area contributed by atoms with E-state index in [0.29, 0.717) is 17.2 Å². The second-order valence-electron chi connectivity index (χ2n) is 5.12. The van der Waals surface area contributed by atoms with Crippen LogP contribution in [0, 0.1) is 5.82 Å². The minimum Gasteiger partial charge on any atom is -0.478 e. The minimum absolute atomic E-state index is 0.113. The molecule has 0 atom stereocenters. The van der Waals surface area contributed by atoms with Crippen LogP contribution >= 0.6 is 11.8 Å². The highest BCUT2D eigenvalue weighted by Crippen LogP contribution is 2.26. The van der Waals surface area contributed by atoms with Gasteiger partial charge < -0.3 is 5.11 Å². The molecule has 2 aromatic carbocycles. The number of aromatic carboxylic acids is 1. The van der Waals surface area contributed by atoms with Gasteiger partial charge >= 0.3 is 5.97 Å². The molecule has 110 valence electrons. The van der Waals surface area contributed by atoms with Crippen LogP contribution in [0.5, 0.6) is 0 Å². The summed E-state index contributed by atoms with van der Waals surface area (Å²) >= 11 is 1.50. The van der Waals surface area contributed by atoms with Crippen molar-refractivity contribution in [1.29, 1.82) is 0 Å². The molecule has 0 spiro atoms. The summed E-state index contributed by atoms with van der Waals surface area (Å²) < 4.78 is 13.7. The predicted molar refractivity (Wildman–Crippen MR) is 83.5 cm³/mol. The molecular formula is C17H17FO2S. The van der Waals surface area contributed by atoms with Gasteiger partial charge in [-0.1, -0.05) is 26.0 Å². The second-order valence-corrected chi connectivity index (χ2v) is 6.17. The van der Waals surface area contributed by atoms with Crippen molar-refractivity contribution in [1.82, 2.24) is 0 Å². The fourth-order valence-electron chi connectivity index (χ4n) is 1.93. The van der Waals surface area contributed by atoms with Crippen LogP contribution in [0.1, 0.15) is 41.3 Å². The van der Waals surface area contributed by atoms with E-state index in [0.717, 1.165) is 4.90 Å². The number of halogens is 1. The molecule has 0 amide bonds. The zero-order valence-electron chi connectivity index (χ0n) is 12.0. The Hall–Kier alpha value is -1.81. The molecular weight excluding hydrogens is 287 g/mol. The second kappa shape index (κ2) is 6.76. The van der Waals surface area contributed by atoms with Gasteiger partial charge in [-0.15, -0.1) is 11.8 Å². The molecule has 0 radical (unpaired) electrons. The molecule has 0 saturated carbocycles. The average molecular weight is 304 g/mol. The minimum atomic E-state index is -1.04. The van der Waals surface area contributed by atoms with Gasteiger partial charge in [0, 0.05) is 10.6 Å². The number of hydrogen-bond donors (Lipinski definition) is 1. The first-order valence-electron chi connectivity index (χ1n) is 6.72. The van der Waals surface area contributed by atoms with E-state index in [1.165, 1.54) is 35.5 Å². The molecule has 0 aliphatic carbocycles. The number of carbonyl (C=O) groups is 1. The smallest absolute Gasteiger partial charge is 0.335 e. The van der Waals surface area contributed by atoms with Crippen molar-refractivity contribution < 1.29 is 14.3 Å². The molecule has 0 aliphatic rings. The van der Waals surface area contributed by atoms with E-state index in [1.54, 1.807) is 0 Å². The van der Waals surface area contributed by atoms with Gasteiger partial charge in [0.2, 0.25) is 0 Å². The molecule has 2 rings (SSSR count). The van der Waals surface area contributed by atoms with Crippen LogP contribution < -0.4 is 0 Å². The van der Waals surface area contributed by atoms with Gasteiger partial charge in [0.25, 0.3) is 0 Å². The van der Waals surface area contributed by atoms with Gasteiger partial charge in [-0.3, -0.25) is 0 Å². The summed E-state index contributed by atoms with van der Waals surface area (Å²) in [5.74, 6) is -0.517. The van der Waals surface area contributed by atoms with Crippen molar-refractivity contribution in [2.45, 2.75) is 30.4 Å². The molecule has 0 unspecified atom stereocenters. The highest BCUT2D eigenvalue weighted by Gasteiger charge is 2.09. The molecule has 0 aromatic heterocycles. The Labute approximate surface area is 128 Å². The lowest BCUT2D eigenvalue weighted by Crippen LogP contribution is -1.99. The van der Waals surface area contributed by atoms with Gasteiger partial charge in [0.15, 0.2) is 0 Å². The largest absolute Gasteiger partial charge is 0.478 e. The van der Waals surface area contributed by atoms with E-state index >= 15 is 0 Å². The Morgan fingerprint density at radius 2 is 1.86 bits per heavy atom. The Bertz CT molecular complexity index is 636. The third-order valence-corrected chi connectivity index (χ3v) is 4.29. The quantitative estimate of drug-likeness (QED) is 0.795. The zero-order chi connectivity index (χ0) is 15.4. The summed E-state index contributed by atoms with van der Waals surface area (Å²) in [5.41, 5.74) is 1.79. The predicted octanol–water partition coefficient (Wildman–Crippen LogP) is 4.94. The van der Waals surface area contributed by atoms with E-state index in [1.807, 2.05) is 12.1 Å². The van der Waals surface area contributed by atoms with Gasteiger partial charge in [-0.2, -0.15) is 0 Å². The normalized spacial score (nSPS) is 10.9. The lowest BCUT2D eigenvalue weighted by Gasteiger charge is -2.08. The number of rotatable bonds is 5. The number of benzene rings is 2. The highest BCUT2D eigenvalue weighted by molar-refractivity contribution is 7.98. The molecule has 0 fully saturated rings. The van der Waals surface area contributed by atoms with Crippen molar-refractivity contribution in [2.24, 2.45) is 0 Å². The SMILES string of the molecule is CC(C)c1ccc(SCc2cc(C(=O)O)ccc2F)cc1. The Morgan fingerprint density at radius 1 is 1.19 bits per heavy atom. The molecule has 2 aromatic rings. The Balaban J connectivity index is 2.09. The van der Waals surface area contributed by atoms with Crippen LogP contribution in [0.25, 0.3) is 0 Å². The van der Waals surface area contributed by atoms with Crippen LogP contribution in [0.2, 0.25) is 0 Å². The Morgan fingerprint density at radius 3 is 2.43 bits per heavy atom. The molecule has 0 heterocycles. The molecule has 4 heteroatoms. The van der Waals surface area contributed by atoms with Gasteiger partial charge in [-0.25, -0.2) is 9.18 Å². The molecule has 0 saturated heterocycles. The molecule has 0 bridgehead atoms. The summed E-state index contributed by atoms with van der Waals surface area (Å²) in [5, 5.41) is 8.94. The topological polar surface area (TPSA) is 37.3 Å². The van der Waals surface area contributed by atoms with Crippen LogP contribution in [0.4, 0.5) is 4.39 Å². The number of hydrogen-bond acceptors (Lipinski definition) is 2. The van der Waals surface area contributed by atoms with Crippen molar-refractivity contribution in [2.75, 3.05) is 0 Å². The zero-order valence-corrected chi connectivity index (χ0v) is 12.8. The van der Waals surface area contributed by atoms with E-state index < -0.39 is 5.97 Å². The van der Waals surface area contributed by atoms with Crippen LogP contribution in [-0.2, 0) is 5.75 Å². The van der Waals surface area contributed by atoms with Crippen LogP contribution in [-0.4, -0.2) is 11.1 Å². The molecule has 2 nitrogen and oxygen atoms in total. The number of thioether (sulfide) groups is 1. The maximum Gasteiger partial charge on any atom is 0.335 e. The van der Waals surface area contributed by atoms with Crippen molar-refractivity contribution >= 4 is 17.7 Å². The first-order valence-corrected chi connectivity index (χ1v) is 7.70. The first kappa shape index (κ1) is 15.6. The van der Waals surface area contributed by atoms with Crippen LogP contribution in [0.3, 0.4) is 0 Å². The van der Waals surface area contributed by atoms with Crippen molar-refractivity contribution in [3.05, 3.63) is 65.0 Å². The molecule has 0 aliphatic heterocycles. The lowest BCUT2D eigenvalue weighted by atomic mass is 10.0. The maximum atomic E-state index is 13.7. The third kappa shape index (κ3) is 4.08. The van der Waals surface area contributed by atoms with E-state index in [4.69, 9.17) is 5.11 Å². The first-order chi connectivity index (χ1) is 9.97. The molecule has 1 N–H and O–H groups in total. The van der Waals surface area contributed by atoms with Gasteiger partial charge in [0.1, 0.15) is 5.82 Å². The van der Waals surface area contributed by atoms with Gasteiger partial charge in [-0.05, 0) is 47.4 Å². The van der Waals surface area contributed by atoms with Crippen molar-refractivity contribution in [3.63, 3.8) is 0 Å². The monoisotopic (exact) mass is 304 g/mol. The summed E-state index contributed by atoms with van der Waals surface area (Å²) in [6.45, 7) is 4.27. The van der Waals surface area contributed by atoms with E-state index in [9.17, 15) is 9.18 Å². The summed E-state index contributed by atoms with van der Waals surface area (Å²) in [7, 11) is 0. The Kier molecular flexibility index (Phi) is 5.02. The third-order valence-electron chi connectivity index (χ3n) is 3.23. The standard InChI is InChI=1S/C17H17FO2S/c1-11(2)12-3-6-15(7-4-12)21-10-14-9-13(17(19)20)5-8-16(14)18/h3-9,11H,10H2,1-2H3,(H,19,20). The number of carboxylic acids is 1. The fourth-order valence-corrected chi connectivity index (χ4v) is 2.80. The average Bonchev–Trinajstić information content (AvgIpc) is 2.46. The summed E-state index contributed by atoms with van der Waals surface area (Å²) in [6.07, 6.45) is 0. The molecule has 21 heavy (non-hydrogen) atoms. The van der Waals surface area contributed by atoms with Crippen molar-refractivity contribution in [3.8, 4) is 0 Å². The highest BCUT2D eigenvalue weighted by atomic mass is 32.2. The summed E-state index contributed by atoms with van der Waals surface area (Å²) in [4.78, 5) is 12.0. The fraction of sp³-hybridized carbons (Fsp3) is 0.235.